The van der Waals surface area contributed by atoms with E-state index in [1.807, 2.05) is 44.2 Å². The highest BCUT2D eigenvalue weighted by Crippen LogP contribution is 2.18. The number of pyridine rings is 1. The van der Waals surface area contributed by atoms with Gasteiger partial charge in [0.25, 0.3) is 5.91 Å². The van der Waals surface area contributed by atoms with Gasteiger partial charge >= 0.3 is 0 Å². The number of ether oxygens (including phenoxy) is 1. The molecule has 0 aliphatic carbocycles. The molecule has 1 aromatic heterocycles. The molecule has 0 saturated carbocycles. The molecule has 2 aromatic rings. The van der Waals surface area contributed by atoms with Crippen LogP contribution < -0.4 is 10.1 Å². The third-order valence-electron chi connectivity index (χ3n) is 3.19. The first-order valence-corrected chi connectivity index (χ1v) is 7.40. The second-order valence-corrected chi connectivity index (χ2v) is 5.42. The molecule has 1 N–H and O–H groups in total. The largest absolute Gasteiger partial charge is 0.491 e. The number of hydrogen-bond donors (Lipinski definition) is 1. The van der Waals surface area contributed by atoms with Crippen molar-refractivity contribution in [2.75, 3.05) is 0 Å². The summed E-state index contributed by atoms with van der Waals surface area (Å²) in [4.78, 5) is 20.4. The summed E-state index contributed by atoms with van der Waals surface area (Å²) in [5.74, 6) is 1.11. The first kappa shape index (κ1) is 15.0. The number of carbonyl (C=O) groups is 1. The predicted octanol–water partition coefficient (Wildman–Crippen LogP) is 2.79. The van der Waals surface area contributed by atoms with E-state index in [1.54, 1.807) is 24.5 Å². The van der Waals surface area contributed by atoms with E-state index in [2.05, 4.69) is 15.3 Å². The van der Waals surface area contributed by atoms with Gasteiger partial charge in [0, 0.05) is 18.0 Å². The van der Waals surface area contributed by atoms with Crippen molar-refractivity contribution >= 4 is 17.8 Å². The number of nitrogens with zero attached hydrogens (tertiary/aromatic N) is 2. The van der Waals surface area contributed by atoms with Crippen molar-refractivity contribution in [3.8, 4) is 5.75 Å². The summed E-state index contributed by atoms with van der Waals surface area (Å²) < 4.78 is 5.60. The Balaban J connectivity index is 1.82. The van der Waals surface area contributed by atoms with Crippen LogP contribution >= 0.6 is 0 Å². The average molecular weight is 307 g/mol. The Bertz CT molecular complexity index is 763. The summed E-state index contributed by atoms with van der Waals surface area (Å²) in [7, 11) is 0. The fourth-order valence-electron chi connectivity index (χ4n) is 2.18. The number of hydrogen-bond acceptors (Lipinski definition) is 4. The zero-order chi connectivity index (χ0) is 16.2. The normalized spacial score (nSPS) is 15.7. The SMILES string of the molecule is CC(C)Oc1ccc(/C=C2/N=C(c3cccnc3)NC2=O)cc1. The minimum Gasteiger partial charge on any atom is -0.491 e. The molecule has 23 heavy (non-hydrogen) atoms. The third-order valence-corrected chi connectivity index (χ3v) is 3.19. The lowest BCUT2D eigenvalue weighted by molar-refractivity contribution is -0.115. The Morgan fingerprint density at radius 3 is 2.61 bits per heavy atom. The molecule has 1 aliphatic heterocycles. The number of amidine groups is 1. The molecule has 1 aliphatic rings. The average Bonchev–Trinajstić information content (AvgIpc) is 2.91. The Labute approximate surface area is 134 Å². The van der Waals surface area contributed by atoms with Crippen molar-refractivity contribution < 1.29 is 9.53 Å². The van der Waals surface area contributed by atoms with E-state index in [9.17, 15) is 4.79 Å². The minimum atomic E-state index is -0.216. The van der Waals surface area contributed by atoms with Gasteiger partial charge in [-0.3, -0.25) is 9.78 Å². The van der Waals surface area contributed by atoms with Gasteiger partial charge < -0.3 is 10.1 Å². The second-order valence-electron chi connectivity index (χ2n) is 5.42. The van der Waals surface area contributed by atoms with Crippen LogP contribution in [0.3, 0.4) is 0 Å². The van der Waals surface area contributed by atoms with E-state index in [-0.39, 0.29) is 12.0 Å². The maximum atomic E-state index is 12.0. The van der Waals surface area contributed by atoms with Crippen LogP contribution in [0.4, 0.5) is 0 Å². The van der Waals surface area contributed by atoms with Crippen LogP contribution in [0.15, 0.2) is 59.5 Å². The molecule has 3 rings (SSSR count). The quantitative estimate of drug-likeness (QED) is 0.883. The third kappa shape index (κ3) is 3.63. The molecule has 0 fully saturated rings. The zero-order valence-corrected chi connectivity index (χ0v) is 13.0. The first-order chi connectivity index (χ1) is 11.1. The van der Waals surface area contributed by atoms with E-state index in [0.717, 1.165) is 16.9 Å². The number of aliphatic imine (C=N–C) groups is 1. The van der Waals surface area contributed by atoms with Crippen LogP contribution in [0.25, 0.3) is 6.08 Å². The summed E-state index contributed by atoms with van der Waals surface area (Å²) >= 11 is 0. The summed E-state index contributed by atoms with van der Waals surface area (Å²) in [5.41, 5.74) is 2.05. The number of amides is 1. The molecule has 0 spiro atoms. The lowest BCUT2D eigenvalue weighted by atomic mass is 10.2. The number of benzene rings is 1. The van der Waals surface area contributed by atoms with Gasteiger partial charge in [-0.2, -0.15) is 0 Å². The summed E-state index contributed by atoms with van der Waals surface area (Å²) in [6, 6.07) is 11.2. The van der Waals surface area contributed by atoms with Crippen LogP contribution in [0.1, 0.15) is 25.0 Å². The molecule has 1 aromatic carbocycles. The van der Waals surface area contributed by atoms with Crippen LogP contribution in [0.5, 0.6) is 5.75 Å². The molecular formula is C18H17N3O2. The molecule has 116 valence electrons. The van der Waals surface area contributed by atoms with Crippen molar-refractivity contribution in [3.63, 3.8) is 0 Å². The molecular weight excluding hydrogens is 290 g/mol. The molecule has 0 bridgehead atoms. The van der Waals surface area contributed by atoms with E-state index in [1.165, 1.54) is 0 Å². The molecule has 5 nitrogen and oxygen atoms in total. The fourth-order valence-corrected chi connectivity index (χ4v) is 2.18. The van der Waals surface area contributed by atoms with Gasteiger partial charge in [0.15, 0.2) is 0 Å². The van der Waals surface area contributed by atoms with Crippen LogP contribution in [-0.2, 0) is 4.79 Å². The maximum Gasteiger partial charge on any atom is 0.275 e. The van der Waals surface area contributed by atoms with E-state index >= 15 is 0 Å². The zero-order valence-electron chi connectivity index (χ0n) is 13.0. The molecule has 1 amide bonds. The number of nitrogens with one attached hydrogen (secondary N) is 1. The first-order valence-electron chi connectivity index (χ1n) is 7.40. The Hall–Kier alpha value is -2.95. The number of aromatic nitrogens is 1. The van der Waals surface area contributed by atoms with Gasteiger partial charge in [0.1, 0.15) is 17.3 Å². The Kier molecular flexibility index (Phi) is 4.19. The van der Waals surface area contributed by atoms with Gasteiger partial charge in [-0.15, -0.1) is 0 Å². The summed E-state index contributed by atoms with van der Waals surface area (Å²) in [5, 5.41) is 2.76. The molecule has 2 heterocycles. The van der Waals surface area contributed by atoms with Gasteiger partial charge in [0.2, 0.25) is 0 Å². The van der Waals surface area contributed by atoms with Crippen molar-refractivity contribution in [2.24, 2.45) is 4.99 Å². The maximum absolute atomic E-state index is 12.0. The van der Waals surface area contributed by atoms with Crippen LogP contribution in [0.2, 0.25) is 0 Å². The Morgan fingerprint density at radius 1 is 1.17 bits per heavy atom. The number of rotatable bonds is 4. The van der Waals surface area contributed by atoms with Crippen LogP contribution in [0, 0.1) is 0 Å². The molecule has 0 saturated heterocycles. The van der Waals surface area contributed by atoms with Crippen molar-refractivity contribution in [2.45, 2.75) is 20.0 Å². The summed E-state index contributed by atoms with van der Waals surface area (Å²) in [6.45, 7) is 3.96. The standard InChI is InChI=1S/C18H17N3O2/c1-12(2)23-15-7-5-13(6-8-15)10-16-18(22)21-17(20-16)14-4-3-9-19-11-14/h3-12H,1-2H3,(H,20,21,22)/b16-10+. The topological polar surface area (TPSA) is 63.6 Å². The van der Waals surface area contributed by atoms with Gasteiger partial charge in [-0.05, 0) is 49.8 Å². The van der Waals surface area contributed by atoms with E-state index in [0.29, 0.717) is 11.5 Å². The van der Waals surface area contributed by atoms with Crippen LogP contribution in [-0.4, -0.2) is 22.8 Å². The van der Waals surface area contributed by atoms with E-state index in [4.69, 9.17) is 4.74 Å². The van der Waals surface area contributed by atoms with Crippen molar-refractivity contribution in [1.29, 1.82) is 0 Å². The highest BCUT2D eigenvalue weighted by Gasteiger charge is 2.21. The molecule has 0 atom stereocenters. The second kappa shape index (κ2) is 6.44. The summed E-state index contributed by atoms with van der Waals surface area (Å²) in [6.07, 6.45) is 5.22. The fraction of sp³-hybridized carbons (Fsp3) is 0.167. The monoisotopic (exact) mass is 307 g/mol. The van der Waals surface area contributed by atoms with Crippen molar-refractivity contribution in [3.05, 3.63) is 65.6 Å². The lowest BCUT2D eigenvalue weighted by Gasteiger charge is -2.09. The molecule has 0 unspecified atom stereocenters. The highest BCUT2D eigenvalue weighted by atomic mass is 16.5. The van der Waals surface area contributed by atoms with Gasteiger partial charge in [-0.25, -0.2) is 4.99 Å². The highest BCUT2D eigenvalue weighted by molar-refractivity contribution is 6.19. The smallest absolute Gasteiger partial charge is 0.275 e. The van der Waals surface area contributed by atoms with Gasteiger partial charge in [0.05, 0.1) is 6.10 Å². The van der Waals surface area contributed by atoms with Crippen molar-refractivity contribution in [1.82, 2.24) is 10.3 Å². The van der Waals surface area contributed by atoms with Gasteiger partial charge in [-0.1, -0.05) is 12.1 Å². The van der Waals surface area contributed by atoms with E-state index < -0.39 is 0 Å². The Morgan fingerprint density at radius 2 is 1.96 bits per heavy atom. The molecule has 5 heteroatoms. The minimum absolute atomic E-state index is 0.131. The number of carbonyl (C=O) groups excluding carboxylic acids is 1. The predicted molar refractivity (Wildman–Crippen MR) is 89.1 cm³/mol. The lowest BCUT2D eigenvalue weighted by Crippen LogP contribution is -2.24. The molecule has 0 radical (unpaired) electrons.